The Labute approximate surface area is 223 Å². The molecule has 11 N–H and O–H groups in total. The molecular formula is C17H27N5O16P2. The number of nitrogens with two attached hydrogens (primary N) is 1. The van der Waals surface area contributed by atoms with Crippen LogP contribution in [0.4, 0.5) is 5.82 Å². The summed E-state index contributed by atoms with van der Waals surface area (Å²) in [6, 6.07) is 0. The summed E-state index contributed by atoms with van der Waals surface area (Å²) in [5.41, 5.74) is 6.03. The lowest BCUT2D eigenvalue weighted by atomic mass is 9.96. The Morgan fingerprint density at radius 1 is 0.975 bits per heavy atom. The number of hydrogen-bond acceptors (Lipinski definition) is 18. The lowest BCUT2D eigenvalue weighted by Gasteiger charge is -2.41. The summed E-state index contributed by atoms with van der Waals surface area (Å²) in [4.78, 5) is 31.6. The first kappa shape index (κ1) is 31.2. The summed E-state index contributed by atoms with van der Waals surface area (Å²) >= 11 is 0. The molecule has 4 rings (SSSR count). The standard InChI is InChI=1S/C17H27N5O16P2/c18-14-7-15(20-3-19-14)22(4-21-7)16-11(28)8(25)6(35-16)2-34-39(30,31)38-40(32,33)37-17-12(29)9(26)10(27)13(36-17)5(24)1-23/h3-6,8-13,16-17,23-29H,1-2H2,(H,30,31)(H,32,33)(H2,18,19,20)/t5-,6+,8?,9?,10-,11?,12?,13?,16+,17-/m0/s1. The van der Waals surface area contributed by atoms with Crippen molar-refractivity contribution in [2.24, 2.45) is 0 Å². The fraction of sp³-hybridized carbons (Fsp3) is 0.706. The molecule has 0 radical (unpaired) electrons. The van der Waals surface area contributed by atoms with Crippen LogP contribution in [-0.4, -0.2) is 133 Å². The predicted molar refractivity (Wildman–Crippen MR) is 123 cm³/mol. The SMILES string of the molecule is Nc1ncnc2c1ncn2[C@@H]1O[C@H](COP(=O)(O)OP(=O)(O)O[C@@H]2OC([C@@H](O)CO)[C@@H](O)C(O)C2O)C(O)C1O. The molecule has 4 heterocycles. The molecule has 0 amide bonds. The van der Waals surface area contributed by atoms with E-state index in [1.54, 1.807) is 0 Å². The molecule has 0 bridgehead atoms. The lowest BCUT2D eigenvalue weighted by Crippen LogP contribution is -2.61. The van der Waals surface area contributed by atoms with E-state index in [9.17, 15) is 49.6 Å². The third-order valence-electron chi connectivity index (χ3n) is 6.02. The van der Waals surface area contributed by atoms with E-state index in [4.69, 9.17) is 20.3 Å². The molecule has 2 aliphatic rings. The van der Waals surface area contributed by atoms with Gasteiger partial charge in [-0.15, -0.1) is 0 Å². The van der Waals surface area contributed by atoms with E-state index in [1.807, 2.05) is 0 Å². The Kier molecular flexibility index (Phi) is 9.25. The quantitative estimate of drug-likeness (QED) is 0.112. The van der Waals surface area contributed by atoms with Gasteiger partial charge >= 0.3 is 15.6 Å². The van der Waals surface area contributed by atoms with Crippen LogP contribution in [0.5, 0.6) is 0 Å². The number of aliphatic hydroxyl groups excluding tert-OH is 7. The van der Waals surface area contributed by atoms with Crippen molar-refractivity contribution in [3.8, 4) is 0 Å². The lowest BCUT2D eigenvalue weighted by molar-refractivity contribution is -0.292. The highest BCUT2D eigenvalue weighted by Crippen LogP contribution is 2.61. The largest absolute Gasteiger partial charge is 0.483 e. The number of rotatable bonds is 10. The van der Waals surface area contributed by atoms with Crippen molar-refractivity contribution >= 4 is 32.6 Å². The van der Waals surface area contributed by atoms with Crippen molar-refractivity contribution < 1.29 is 77.5 Å². The summed E-state index contributed by atoms with van der Waals surface area (Å²) in [5.74, 6) is 0.0302. The molecule has 23 heteroatoms. The molecule has 7 unspecified atom stereocenters. The maximum Gasteiger partial charge on any atom is 0.483 e. The second kappa shape index (κ2) is 11.9. The Hall–Kier alpha value is -1.75. The van der Waals surface area contributed by atoms with Gasteiger partial charge in [-0.2, -0.15) is 4.31 Å². The fourth-order valence-corrected chi connectivity index (χ4v) is 6.17. The van der Waals surface area contributed by atoms with Gasteiger partial charge in [-0.3, -0.25) is 13.6 Å². The van der Waals surface area contributed by atoms with E-state index < -0.39 is 90.2 Å². The van der Waals surface area contributed by atoms with Crippen LogP contribution in [0.1, 0.15) is 6.23 Å². The number of aliphatic hydroxyl groups is 7. The van der Waals surface area contributed by atoms with Crippen molar-refractivity contribution in [2.45, 2.75) is 61.3 Å². The molecular weight excluding hydrogens is 592 g/mol. The minimum atomic E-state index is -5.65. The first-order chi connectivity index (χ1) is 18.7. The van der Waals surface area contributed by atoms with Gasteiger partial charge in [0, 0.05) is 0 Å². The summed E-state index contributed by atoms with van der Waals surface area (Å²) in [7, 11) is -11.2. The van der Waals surface area contributed by atoms with Crippen molar-refractivity contribution in [1.29, 1.82) is 0 Å². The normalized spacial score (nSPS) is 36.8. The van der Waals surface area contributed by atoms with E-state index in [0.29, 0.717) is 0 Å². The number of phosphoric acid groups is 2. The van der Waals surface area contributed by atoms with Crippen molar-refractivity contribution in [1.82, 2.24) is 19.5 Å². The highest BCUT2D eigenvalue weighted by Gasteiger charge is 2.51. The van der Waals surface area contributed by atoms with E-state index in [0.717, 1.165) is 6.33 Å². The number of ether oxygens (including phenoxy) is 2. The Morgan fingerprint density at radius 3 is 2.35 bits per heavy atom. The number of nitrogen functional groups attached to an aromatic ring is 1. The molecule has 21 nitrogen and oxygen atoms in total. The summed E-state index contributed by atoms with van der Waals surface area (Å²) in [6.07, 6.45) is -16.0. The van der Waals surface area contributed by atoms with Gasteiger partial charge in [-0.05, 0) is 0 Å². The third-order valence-corrected chi connectivity index (χ3v) is 8.62. The molecule has 0 aromatic carbocycles. The van der Waals surface area contributed by atoms with Gasteiger partial charge in [-0.1, -0.05) is 0 Å². The molecule has 12 atom stereocenters. The number of fused-ring (bicyclic) bond motifs is 1. The fourth-order valence-electron chi connectivity index (χ4n) is 4.01. The van der Waals surface area contributed by atoms with Crippen LogP contribution in [0, 0.1) is 0 Å². The highest BCUT2D eigenvalue weighted by atomic mass is 31.3. The number of hydrogen-bond donors (Lipinski definition) is 10. The molecule has 0 spiro atoms. The smallest absolute Gasteiger partial charge is 0.394 e. The number of nitrogens with zero attached hydrogens (tertiary/aromatic N) is 4. The van der Waals surface area contributed by atoms with Crippen LogP contribution in [0.2, 0.25) is 0 Å². The van der Waals surface area contributed by atoms with Gasteiger partial charge in [0.15, 0.2) is 24.0 Å². The van der Waals surface area contributed by atoms with E-state index in [1.165, 1.54) is 10.9 Å². The summed E-state index contributed by atoms with van der Waals surface area (Å²) < 4.78 is 49.6. The van der Waals surface area contributed by atoms with E-state index >= 15 is 0 Å². The van der Waals surface area contributed by atoms with E-state index in [2.05, 4.69) is 28.3 Å². The zero-order valence-corrected chi connectivity index (χ0v) is 21.8. The van der Waals surface area contributed by atoms with Crippen LogP contribution in [-0.2, 0) is 32.0 Å². The second-order valence-corrected chi connectivity index (χ2v) is 11.7. The molecule has 2 fully saturated rings. The number of aromatic nitrogens is 4. The Bertz CT molecular complexity index is 1290. The van der Waals surface area contributed by atoms with Crippen LogP contribution in [0.3, 0.4) is 0 Å². The van der Waals surface area contributed by atoms with Gasteiger partial charge < -0.3 is 60.7 Å². The zero-order chi connectivity index (χ0) is 29.6. The molecule has 2 aliphatic heterocycles. The maximum absolute atomic E-state index is 12.3. The van der Waals surface area contributed by atoms with Crippen LogP contribution in [0.25, 0.3) is 11.2 Å². The maximum atomic E-state index is 12.3. The van der Waals surface area contributed by atoms with Crippen molar-refractivity contribution in [3.05, 3.63) is 12.7 Å². The predicted octanol–water partition coefficient (Wildman–Crippen LogP) is -4.56. The van der Waals surface area contributed by atoms with Crippen LogP contribution >= 0.6 is 15.6 Å². The first-order valence-corrected chi connectivity index (χ1v) is 14.3. The number of anilines is 1. The molecule has 2 saturated heterocycles. The van der Waals surface area contributed by atoms with Crippen LogP contribution in [0.15, 0.2) is 12.7 Å². The highest BCUT2D eigenvalue weighted by molar-refractivity contribution is 7.61. The molecule has 0 saturated carbocycles. The zero-order valence-electron chi connectivity index (χ0n) is 20.0. The average molecular weight is 619 g/mol. The summed E-state index contributed by atoms with van der Waals surface area (Å²) in [6.45, 7) is -1.95. The van der Waals surface area contributed by atoms with Crippen molar-refractivity contribution in [3.63, 3.8) is 0 Å². The van der Waals surface area contributed by atoms with Gasteiger partial charge in [0.25, 0.3) is 0 Å². The first-order valence-electron chi connectivity index (χ1n) is 11.3. The average Bonchev–Trinajstić information content (AvgIpc) is 3.43. The minimum Gasteiger partial charge on any atom is -0.394 e. The van der Waals surface area contributed by atoms with Gasteiger partial charge in [0.1, 0.15) is 60.7 Å². The summed E-state index contributed by atoms with van der Waals surface area (Å²) in [5, 5.41) is 69.3. The van der Waals surface area contributed by atoms with Crippen LogP contribution < -0.4 is 5.73 Å². The topological polar surface area (TPSA) is 332 Å². The number of imidazole rings is 1. The van der Waals surface area contributed by atoms with Gasteiger partial charge in [-0.25, -0.2) is 24.1 Å². The van der Waals surface area contributed by atoms with Crippen molar-refractivity contribution in [2.75, 3.05) is 18.9 Å². The second-order valence-electron chi connectivity index (χ2n) is 8.74. The van der Waals surface area contributed by atoms with E-state index in [-0.39, 0.29) is 17.0 Å². The van der Waals surface area contributed by atoms with Gasteiger partial charge in [0.05, 0.1) is 19.5 Å². The molecule has 2 aromatic heterocycles. The molecule has 0 aliphatic carbocycles. The Morgan fingerprint density at radius 2 is 1.68 bits per heavy atom. The number of phosphoric ester groups is 2. The van der Waals surface area contributed by atoms with Gasteiger partial charge in [0.2, 0.25) is 0 Å². The Balaban J connectivity index is 1.38. The molecule has 40 heavy (non-hydrogen) atoms. The molecule has 226 valence electrons. The molecule has 2 aromatic rings. The minimum absolute atomic E-state index is 0.0302. The monoisotopic (exact) mass is 619 g/mol. The third kappa shape index (κ3) is 6.35.